The lowest BCUT2D eigenvalue weighted by Crippen LogP contribution is -2.37. The maximum Gasteiger partial charge on any atom is 0.219 e. The molecule has 1 fully saturated rings. The predicted octanol–water partition coefficient (Wildman–Crippen LogP) is 2.51. The largest absolute Gasteiger partial charge is 0.342 e. The molecule has 1 saturated heterocycles. The van der Waals surface area contributed by atoms with Gasteiger partial charge in [-0.2, -0.15) is 0 Å². The van der Waals surface area contributed by atoms with Gasteiger partial charge in [0.25, 0.3) is 0 Å². The van der Waals surface area contributed by atoms with Gasteiger partial charge in [-0.25, -0.2) is 9.97 Å². The van der Waals surface area contributed by atoms with Gasteiger partial charge < -0.3 is 4.90 Å². The van der Waals surface area contributed by atoms with Gasteiger partial charge in [0.05, 0.1) is 11.9 Å². The van der Waals surface area contributed by atoms with Crippen molar-refractivity contribution in [2.24, 2.45) is 0 Å². The molecule has 0 radical (unpaired) electrons. The van der Waals surface area contributed by atoms with Crippen molar-refractivity contribution in [1.82, 2.24) is 24.4 Å². The van der Waals surface area contributed by atoms with Gasteiger partial charge in [-0.15, -0.1) is 0 Å². The molecule has 122 valence electrons. The molecule has 23 heavy (non-hydrogen) atoms. The molecule has 6 heteroatoms. The first kappa shape index (κ1) is 15.6. The lowest BCUT2D eigenvalue weighted by Gasteiger charge is -2.31. The van der Waals surface area contributed by atoms with Crippen LogP contribution in [0.4, 0.5) is 0 Å². The Morgan fingerprint density at radius 3 is 2.91 bits per heavy atom. The quantitative estimate of drug-likeness (QED) is 0.873. The van der Waals surface area contributed by atoms with E-state index in [0.717, 1.165) is 43.3 Å². The second-order valence-electron chi connectivity index (χ2n) is 6.42. The van der Waals surface area contributed by atoms with Crippen LogP contribution in [0.5, 0.6) is 0 Å². The number of amides is 1. The number of hydrogen-bond donors (Lipinski definition) is 0. The van der Waals surface area contributed by atoms with Crippen LogP contribution in [0.15, 0.2) is 24.8 Å². The molecule has 2 aromatic heterocycles. The third-order valence-electron chi connectivity index (χ3n) is 4.36. The highest BCUT2D eigenvalue weighted by atomic mass is 16.2. The number of imidazole rings is 1. The maximum absolute atomic E-state index is 11.6. The zero-order chi connectivity index (χ0) is 16.4. The van der Waals surface area contributed by atoms with Crippen LogP contribution in [-0.2, 0) is 4.79 Å². The van der Waals surface area contributed by atoms with E-state index in [1.54, 1.807) is 19.3 Å². The average molecular weight is 313 g/mol. The van der Waals surface area contributed by atoms with Crippen molar-refractivity contribution < 1.29 is 4.79 Å². The zero-order valence-corrected chi connectivity index (χ0v) is 13.9. The van der Waals surface area contributed by atoms with Crippen molar-refractivity contribution in [3.05, 3.63) is 36.3 Å². The minimum absolute atomic E-state index is 0.135. The molecule has 0 aliphatic carbocycles. The maximum atomic E-state index is 11.6. The molecule has 0 N–H and O–H groups in total. The molecule has 1 amide bonds. The molecule has 0 bridgehead atoms. The van der Waals surface area contributed by atoms with Gasteiger partial charge >= 0.3 is 0 Å². The van der Waals surface area contributed by atoms with E-state index in [4.69, 9.17) is 4.98 Å². The van der Waals surface area contributed by atoms with Crippen LogP contribution in [-0.4, -0.2) is 43.4 Å². The van der Waals surface area contributed by atoms with Gasteiger partial charge in [-0.1, -0.05) is 13.8 Å². The Kier molecular flexibility index (Phi) is 4.41. The monoisotopic (exact) mass is 313 g/mol. The van der Waals surface area contributed by atoms with E-state index in [1.807, 2.05) is 21.9 Å². The second-order valence-corrected chi connectivity index (χ2v) is 6.42. The summed E-state index contributed by atoms with van der Waals surface area (Å²) in [6, 6.07) is 0. The summed E-state index contributed by atoms with van der Waals surface area (Å²) in [5.74, 6) is 2.48. The number of carbonyl (C=O) groups excluding carboxylic acids is 1. The molecule has 0 spiro atoms. The van der Waals surface area contributed by atoms with E-state index >= 15 is 0 Å². The highest BCUT2D eigenvalue weighted by Gasteiger charge is 2.24. The first-order valence-corrected chi connectivity index (χ1v) is 8.17. The minimum atomic E-state index is 0.135. The standard InChI is InChI=1S/C17H23N5O/c1-12(2)17-19-6-8-22(17)16-10-18-9-15(20-16)14-5-4-7-21(11-14)13(3)23/h6,8-10,12,14H,4-5,7,11H2,1-3H3/t14-/m0/s1. The normalized spacial score (nSPS) is 18.4. The lowest BCUT2D eigenvalue weighted by molar-refractivity contribution is -0.130. The molecule has 3 heterocycles. The van der Waals surface area contributed by atoms with E-state index < -0.39 is 0 Å². The van der Waals surface area contributed by atoms with Crippen LogP contribution in [0.25, 0.3) is 5.82 Å². The third kappa shape index (κ3) is 3.25. The number of carbonyl (C=O) groups is 1. The first-order chi connectivity index (χ1) is 11.1. The Morgan fingerprint density at radius 2 is 2.17 bits per heavy atom. The first-order valence-electron chi connectivity index (χ1n) is 8.17. The smallest absolute Gasteiger partial charge is 0.219 e. The second kappa shape index (κ2) is 6.48. The summed E-state index contributed by atoms with van der Waals surface area (Å²) in [6.45, 7) is 7.43. The van der Waals surface area contributed by atoms with Crippen LogP contribution in [0, 0.1) is 0 Å². The topological polar surface area (TPSA) is 63.9 Å². The van der Waals surface area contributed by atoms with Crippen LogP contribution in [0.1, 0.15) is 57.0 Å². The molecule has 1 aliphatic heterocycles. The van der Waals surface area contributed by atoms with Crippen LogP contribution in [0.2, 0.25) is 0 Å². The van der Waals surface area contributed by atoms with E-state index in [-0.39, 0.29) is 11.8 Å². The fourth-order valence-corrected chi connectivity index (χ4v) is 3.12. The Labute approximate surface area is 136 Å². The highest BCUT2D eigenvalue weighted by Crippen LogP contribution is 2.26. The van der Waals surface area contributed by atoms with E-state index in [2.05, 4.69) is 23.8 Å². The molecule has 0 aromatic carbocycles. The van der Waals surface area contributed by atoms with Crippen molar-refractivity contribution in [2.75, 3.05) is 13.1 Å². The summed E-state index contributed by atoms with van der Waals surface area (Å²) in [7, 11) is 0. The Hall–Kier alpha value is -2.24. The minimum Gasteiger partial charge on any atom is -0.342 e. The van der Waals surface area contributed by atoms with Crippen molar-refractivity contribution in [1.29, 1.82) is 0 Å². The van der Waals surface area contributed by atoms with Gasteiger partial charge in [-0.3, -0.25) is 14.3 Å². The molecule has 0 unspecified atom stereocenters. The summed E-state index contributed by atoms with van der Waals surface area (Å²) < 4.78 is 1.99. The Morgan fingerprint density at radius 1 is 1.35 bits per heavy atom. The summed E-state index contributed by atoms with van der Waals surface area (Å²) in [5, 5.41) is 0. The number of nitrogens with zero attached hydrogens (tertiary/aromatic N) is 5. The zero-order valence-electron chi connectivity index (χ0n) is 13.9. The fraction of sp³-hybridized carbons (Fsp3) is 0.529. The summed E-state index contributed by atoms with van der Waals surface area (Å²) in [4.78, 5) is 27.1. The van der Waals surface area contributed by atoms with Crippen LogP contribution >= 0.6 is 0 Å². The Balaban J connectivity index is 1.88. The van der Waals surface area contributed by atoms with Crippen molar-refractivity contribution in [3.63, 3.8) is 0 Å². The molecular weight excluding hydrogens is 290 g/mol. The molecule has 6 nitrogen and oxygen atoms in total. The SMILES string of the molecule is CC(=O)N1CCC[C@H](c2cncc(-n3ccnc3C(C)C)n2)C1. The molecule has 3 rings (SSSR count). The molecule has 1 atom stereocenters. The van der Waals surface area contributed by atoms with Crippen molar-refractivity contribution in [3.8, 4) is 5.82 Å². The van der Waals surface area contributed by atoms with Crippen LogP contribution < -0.4 is 0 Å². The van der Waals surface area contributed by atoms with Crippen molar-refractivity contribution >= 4 is 5.91 Å². The molecule has 0 saturated carbocycles. The van der Waals surface area contributed by atoms with Gasteiger partial charge in [0.15, 0.2) is 5.82 Å². The van der Waals surface area contributed by atoms with Crippen molar-refractivity contribution in [2.45, 2.75) is 45.4 Å². The van der Waals surface area contributed by atoms with Crippen LogP contribution in [0.3, 0.4) is 0 Å². The number of rotatable bonds is 3. The van der Waals surface area contributed by atoms with Gasteiger partial charge in [0.2, 0.25) is 5.91 Å². The summed E-state index contributed by atoms with van der Waals surface area (Å²) in [5.41, 5.74) is 0.955. The fourth-order valence-electron chi connectivity index (χ4n) is 3.12. The Bertz CT molecular complexity index is 694. The number of hydrogen-bond acceptors (Lipinski definition) is 4. The van der Waals surface area contributed by atoms with Gasteiger partial charge in [0.1, 0.15) is 5.82 Å². The van der Waals surface area contributed by atoms with Gasteiger partial charge in [-0.05, 0) is 12.8 Å². The average Bonchev–Trinajstić information content (AvgIpc) is 3.05. The van der Waals surface area contributed by atoms with E-state index in [0.29, 0.717) is 5.92 Å². The summed E-state index contributed by atoms with van der Waals surface area (Å²) in [6.07, 6.45) is 9.36. The molecular formula is C17H23N5O. The van der Waals surface area contributed by atoms with E-state index in [9.17, 15) is 4.79 Å². The van der Waals surface area contributed by atoms with Gasteiger partial charge in [0, 0.05) is 50.4 Å². The number of aromatic nitrogens is 4. The highest BCUT2D eigenvalue weighted by molar-refractivity contribution is 5.73. The molecule has 2 aromatic rings. The third-order valence-corrected chi connectivity index (χ3v) is 4.36. The summed E-state index contributed by atoms with van der Waals surface area (Å²) >= 11 is 0. The molecule has 1 aliphatic rings. The van der Waals surface area contributed by atoms with E-state index in [1.165, 1.54) is 0 Å². The number of piperidine rings is 1. The predicted molar refractivity (Wildman–Crippen MR) is 87.5 cm³/mol. The number of likely N-dealkylation sites (tertiary alicyclic amines) is 1. The lowest BCUT2D eigenvalue weighted by atomic mass is 9.95.